The van der Waals surface area contributed by atoms with E-state index in [-0.39, 0.29) is 12.5 Å². The summed E-state index contributed by atoms with van der Waals surface area (Å²) >= 11 is 1.93. The lowest BCUT2D eigenvalue weighted by Crippen LogP contribution is -2.41. The molecule has 5 heteroatoms. The van der Waals surface area contributed by atoms with Gasteiger partial charge in [0.05, 0.1) is 5.56 Å². The first-order chi connectivity index (χ1) is 9.74. The van der Waals surface area contributed by atoms with Crippen molar-refractivity contribution in [1.82, 2.24) is 9.88 Å². The minimum atomic E-state index is -0.195. The van der Waals surface area contributed by atoms with Crippen molar-refractivity contribution in [2.75, 3.05) is 25.4 Å². The molecule has 0 saturated carbocycles. The molecule has 0 spiro atoms. The van der Waals surface area contributed by atoms with Crippen molar-refractivity contribution >= 4 is 17.7 Å². The Labute approximate surface area is 123 Å². The van der Waals surface area contributed by atoms with Gasteiger partial charge in [0.1, 0.15) is 6.61 Å². The summed E-state index contributed by atoms with van der Waals surface area (Å²) in [6.07, 6.45) is 4.25. The molecular weight excluding hydrogens is 272 g/mol. The van der Waals surface area contributed by atoms with E-state index < -0.39 is 0 Å². The summed E-state index contributed by atoms with van der Waals surface area (Å²) in [6, 6.07) is 1.74. The first-order valence-electron chi connectivity index (χ1n) is 6.70. The molecule has 0 radical (unpaired) electrons. The lowest BCUT2D eigenvalue weighted by atomic mass is 10.1. The fourth-order valence-electron chi connectivity index (χ4n) is 2.10. The molecule has 1 fully saturated rings. The van der Waals surface area contributed by atoms with Gasteiger partial charge in [0.25, 0.3) is 5.91 Å². The molecule has 1 N–H and O–H groups in total. The quantitative estimate of drug-likeness (QED) is 0.836. The van der Waals surface area contributed by atoms with E-state index >= 15 is 0 Å². The predicted octanol–water partition coefficient (Wildman–Crippen LogP) is 1.39. The summed E-state index contributed by atoms with van der Waals surface area (Å²) in [5.74, 6) is 6.34. The van der Waals surface area contributed by atoms with Crippen LogP contribution in [0, 0.1) is 11.8 Å². The van der Waals surface area contributed by atoms with E-state index in [1.54, 1.807) is 18.5 Å². The van der Waals surface area contributed by atoms with Crippen LogP contribution in [0.1, 0.15) is 29.3 Å². The topological polar surface area (TPSA) is 53.4 Å². The summed E-state index contributed by atoms with van der Waals surface area (Å²) in [5.41, 5.74) is 1.22. The fraction of sp³-hybridized carbons (Fsp3) is 0.467. The molecule has 1 amide bonds. The van der Waals surface area contributed by atoms with Crippen LogP contribution < -0.4 is 0 Å². The summed E-state index contributed by atoms with van der Waals surface area (Å²) in [4.78, 5) is 18.4. The molecule has 1 atom stereocenters. The van der Waals surface area contributed by atoms with E-state index in [1.165, 1.54) is 0 Å². The van der Waals surface area contributed by atoms with E-state index in [1.807, 2.05) is 16.7 Å². The van der Waals surface area contributed by atoms with Gasteiger partial charge in [0.2, 0.25) is 0 Å². The largest absolute Gasteiger partial charge is 0.384 e. The monoisotopic (exact) mass is 290 g/mol. The van der Waals surface area contributed by atoms with Crippen molar-refractivity contribution in [3.05, 3.63) is 29.6 Å². The molecule has 1 saturated heterocycles. The molecule has 2 heterocycles. The zero-order chi connectivity index (χ0) is 14.4. The van der Waals surface area contributed by atoms with Crippen LogP contribution in [0.25, 0.3) is 0 Å². The van der Waals surface area contributed by atoms with Crippen molar-refractivity contribution in [1.29, 1.82) is 0 Å². The Morgan fingerprint density at radius 2 is 2.45 bits per heavy atom. The Morgan fingerprint density at radius 1 is 1.60 bits per heavy atom. The van der Waals surface area contributed by atoms with Gasteiger partial charge in [-0.2, -0.15) is 11.8 Å². The molecule has 0 bridgehead atoms. The van der Waals surface area contributed by atoms with E-state index in [2.05, 4.69) is 23.7 Å². The maximum absolute atomic E-state index is 12.5. The molecule has 0 aliphatic carbocycles. The van der Waals surface area contributed by atoms with E-state index in [0.717, 1.165) is 25.3 Å². The molecule has 106 valence electrons. The standard InChI is InChI=1S/C15H18N2O2S/c1-2-14-11-17(5-7-20-14)15(19)13-8-12(4-3-6-18)9-16-10-13/h8-10,14,18H,2,5-7,11H2,1H3. The number of aliphatic hydroxyl groups is 1. The highest BCUT2D eigenvalue weighted by molar-refractivity contribution is 8.00. The van der Waals surface area contributed by atoms with Crippen LogP contribution in [-0.4, -0.2) is 51.6 Å². The molecule has 20 heavy (non-hydrogen) atoms. The molecule has 1 aliphatic heterocycles. The van der Waals surface area contributed by atoms with Gasteiger partial charge in [0.15, 0.2) is 0 Å². The number of hydrogen-bond donors (Lipinski definition) is 1. The summed E-state index contributed by atoms with van der Waals surface area (Å²) in [6.45, 7) is 3.54. The normalized spacial score (nSPS) is 18.3. The van der Waals surface area contributed by atoms with Crippen LogP contribution in [0.4, 0.5) is 0 Å². The van der Waals surface area contributed by atoms with E-state index in [0.29, 0.717) is 16.4 Å². The van der Waals surface area contributed by atoms with Gasteiger partial charge in [-0.15, -0.1) is 0 Å². The average molecular weight is 290 g/mol. The number of nitrogens with zero attached hydrogens (tertiary/aromatic N) is 2. The zero-order valence-electron chi connectivity index (χ0n) is 11.5. The van der Waals surface area contributed by atoms with Crippen molar-refractivity contribution in [3.63, 3.8) is 0 Å². The van der Waals surface area contributed by atoms with Crippen molar-refractivity contribution in [2.45, 2.75) is 18.6 Å². The van der Waals surface area contributed by atoms with Crippen LogP contribution in [0.5, 0.6) is 0 Å². The number of aliphatic hydroxyl groups excluding tert-OH is 1. The summed E-state index contributed by atoms with van der Waals surface area (Å²) in [5, 5.41) is 9.22. The number of aromatic nitrogens is 1. The Kier molecular flexibility index (Phi) is 5.45. The number of amides is 1. The fourth-order valence-corrected chi connectivity index (χ4v) is 3.28. The highest BCUT2D eigenvalue weighted by atomic mass is 32.2. The van der Waals surface area contributed by atoms with Crippen LogP contribution in [0.15, 0.2) is 18.5 Å². The maximum atomic E-state index is 12.5. The summed E-state index contributed by atoms with van der Waals surface area (Å²) in [7, 11) is 0. The lowest BCUT2D eigenvalue weighted by molar-refractivity contribution is 0.0760. The molecular formula is C15H18N2O2S. The second-order valence-electron chi connectivity index (χ2n) is 4.57. The minimum Gasteiger partial charge on any atom is -0.384 e. The number of thioether (sulfide) groups is 1. The van der Waals surface area contributed by atoms with Gasteiger partial charge < -0.3 is 10.0 Å². The third kappa shape index (κ3) is 3.75. The van der Waals surface area contributed by atoms with Gasteiger partial charge in [-0.1, -0.05) is 18.8 Å². The Morgan fingerprint density at radius 3 is 3.20 bits per heavy atom. The number of hydrogen-bond acceptors (Lipinski definition) is 4. The molecule has 1 aliphatic rings. The highest BCUT2D eigenvalue weighted by Gasteiger charge is 2.24. The third-order valence-corrected chi connectivity index (χ3v) is 4.55. The second-order valence-corrected chi connectivity index (χ2v) is 5.98. The third-order valence-electron chi connectivity index (χ3n) is 3.18. The lowest BCUT2D eigenvalue weighted by Gasteiger charge is -2.31. The van der Waals surface area contributed by atoms with Crippen LogP contribution in [-0.2, 0) is 0 Å². The maximum Gasteiger partial charge on any atom is 0.255 e. The van der Waals surface area contributed by atoms with E-state index in [4.69, 9.17) is 5.11 Å². The first-order valence-corrected chi connectivity index (χ1v) is 7.75. The Hall–Kier alpha value is -1.51. The Bertz CT molecular complexity index is 536. The first kappa shape index (κ1) is 14.9. The number of carbonyl (C=O) groups is 1. The zero-order valence-corrected chi connectivity index (χ0v) is 12.3. The number of pyridine rings is 1. The van der Waals surface area contributed by atoms with E-state index in [9.17, 15) is 4.79 Å². The molecule has 1 unspecified atom stereocenters. The van der Waals surface area contributed by atoms with Gasteiger partial charge in [-0.3, -0.25) is 9.78 Å². The average Bonchev–Trinajstić information content (AvgIpc) is 2.52. The molecule has 2 rings (SSSR count). The van der Waals surface area contributed by atoms with Crippen molar-refractivity contribution < 1.29 is 9.90 Å². The van der Waals surface area contributed by atoms with Crippen LogP contribution in [0.3, 0.4) is 0 Å². The van der Waals surface area contributed by atoms with Crippen molar-refractivity contribution in [3.8, 4) is 11.8 Å². The minimum absolute atomic E-state index is 0.0175. The predicted molar refractivity (Wildman–Crippen MR) is 80.6 cm³/mol. The Balaban J connectivity index is 2.12. The molecule has 1 aromatic rings. The van der Waals surface area contributed by atoms with Gasteiger partial charge in [0, 0.05) is 42.0 Å². The summed E-state index contributed by atoms with van der Waals surface area (Å²) < 4.78 is 0. The van der Waals surface area contributed by atoms with Crippen LogP contribution >= 0.6 is 11.8 Å². The SMILES string of the molecule is CCC1CN(C(=O)c2cncc(C#CCO)c2)CCS1. The van der Waals surface area contributed by atoms with Gasteiger partial charge >= 0.3 is 0 Å². The van der Waals surface area contributed by atoms with Crippen LogP contribution in [0.2, 0.25) is 0 Å². The number of rotatable bonds is 2. The second kappa shape index (κ2) is 7.32. The van der Waals surface area contributed by atoms with Crippen molar-refractivity contribution in [2.24, 2.45) is 0 Å². The van der Waals surface area contributed by atoms with Gasteiger partial charge in [-0.25, -0.2) is 0 Å². The molecule has 1 aromatic heterocycles. The number of carbonyl (C=O) groups excluding carboxylic acids is 1. The smallest absolute Gasteiger partial charge is 0.255 e. The molecule has 4 nitrogen and oxygen atoms in total. The van der Waals surface area contributed by atoms with Gasteiger partial charge in [-0.05, 0) is 12.5 Å². The highest BCUT2D eigenvalue weighted by Crippen LogP contribution is 2.22. The molecule has 0 aromatic carbocycles.